The monoisotopic (exact) mass is 393 g/mol. The number of hydrogen-bond acceptors (Lipinski definition) is 5. The van der Waals surface area contributed by atoms with E-state index in [4.69, 9.17) is 25.6 Å². The molecule has 6 heteroatoms. The highest BCUT2D eigenvalue weighted by molar-refractivity contribution is 6.30. The van der Waals surface area contributed by atoms with Crippen LogP contribution in [0.25, 0.3) is 11.0 Å². The summed E-state index contributed by atoms with van der Waals surface area (Å²) < 4.78 is 16.1. The minimum absolute atomic E-state index is 0.353. The lowest BCUT2D eigenvalue weighted by atomic mass is 10.1. The summed E-state index contributed by atoms with van der Waals surface area (Å²) in [7, 11) is 1.51. The van der Waals surface area contributed by atoms with E-state index in [-0.39, 0.29) is 0 Å². The molecule has 0 spiro atoms. The molecule has 0 fully saturated rings. The molecule has 0 unspecified atom stereocenters. The molecule has 0 radical (unpaired) electrons. The molecular weight excluding hydrogens is 378 g/mol. The largest absolute Gasteiger partial charge is 0.496 e. The summed E-state index contributed by atoms with van der Waals surface area (Å²) in [5.41, 5.74) is 2.78. The van der Waals surface area contributed by atoms with Crippen LogP contribution in [-0.4, -0.2) is 18.2 Å². The molecule has 3 aromatic carbocycles. The summed E-state index contributed by atoms with van der Waals surface area (Å²) in [5.74, 6) is 0.328. The Labute approximate surface area is 166 Å². The summed E-state index contributed by atoms with van der Waals surface area (Å²) in [6, 6.07) is 19.7. The second kappa shape index (κ2) is 7.74. The zero-order valence-electron chi connectivity index (χ0n) is 15.0. The van der Waals surface area contributed by atoms with E-state index in [9.17, 15) is 4.79 Å². The smallest absolute Gasteiger partial charge is 0.347 e. The normalized spacial score (nSPS) is 10.8. The van der Waals surface area contributed by atoms with Gasteiger partial charge in [-0.25, -0.2) is 4.79 Å². The maximum absolute atomic E-state index is 12.4. The van der Waals surface area contributed by atoms with Crippen LogP contribution in [0.3, 0.4) is 0 Å². The first-order chi connectivity index (χ1) is 13.6. The van der Waals surface area contributed by atoms with Gasteiger partial charge in [0, 0.05) is 22.9 Å². The number of hydrogen-bond donors (Lipinski definition) is 0. The van der Waals surface area contributed by atoms with Crippen LogP contribution < -0.4 is 9.47 Å². The van der Waals surface area contributed by atoms with Gasteiger partial charge < -0.3 is 14.0 Å². The van der Waals surface area contributed by atoms with Gasteiger partial charge in [-0.2, -0.15) is 0 Å². The van der Waals surface area contributed by atoms with Gasteiger partial charge in [0.05, 0.1) is 12.8 Å². The van der Waals surface area contributed by atoms with Crippen LogP contribution in [0.2, 0.25) is 5.02 Å². The van der Waals surface area contributed by atoms with Crippen molar-refractivity contribution in [3.8, 4) is 11.5 Å². The molecule has 28 heavy (non-hydrogen) atoms. The topological polar surface area (TPSA) is 61.6 Å². The van der Waals surface area contributed by atoms with Crippen LogP contribution in [0.15, 0.2) is 71.3 Å². The predicted molar refractivity (Wildman–Crippen MR) is 106 cm³/mol. The molecule has 0 saturated heterocycles. The number of rotatable bonds is 5. The fraction of sp³-hybridized carbons (Fsp3) is 0.0909. The molecule has 0 aliphatic heterocycles. The third-order valence-corrected chi connectivity index (χ3v) is 4.59. The Hall–Kier alpha value is -3.31. The zero-order valence-corrected chi connectivity index (χ0v) is 15.8. The number of nitrogens with zero attached hydrogens (tertiary/aromatic N) is 1. The van der Waals surface area contributed by atoms with Crippen molar-refractivity contribution in [1.29, 1.82) is 0 Å². The Morgan fingerprint density at radius 1 is 1.07 bits per heavy atom. The Morgan fingerprint density at radius 3 is 2.64 bits per heavy atom. The van der Waals surface area contributed by atoms with Gasteiger partial charge in [0.1, 0.15) is 17.1 Å². The Balaban J connectivity index is 1.55. The average molecular weight is 394 g/mol. The van der Waals surface area contributed by atoms with E-state index in [1.165, 1.54) is 7.11 Å². The van der Waals surface area contributed by atoms with Gasteiger partial charge in [-0.05, 0) is 42.0 Å². The number of esters is 1. The summed E-state index contributed by atoms with van der Waals surface area (Å²) >= 11 is 5.93. The molecule has 5 nitrogen and oxygen atoms in total. The van der Waals surface area contributed by atoms with Gasteiger partial charge in [0.15, 0.2) is 5.58 Å². The van der Waals surface area contributed by atoms with Gasteiger partial charge in [-0.1, -0.05) is 41.0 Å². The van der Waals surface area contributed by atoms with Crippen LogP contribution in [0.4, 0.5) is 0 Å². The van der Waals surface area contributed by atoms with Crippen LogP contribution >= 0.6 is 11.6 Å². The quantitative estimate of drug-likeness (QED) is 0.340. The number of benzene rings is 3. The third kappa shape index (κ3) is 3.70. The minimum atomic E-state index is -0.502. The van der Waals surface area contributed by atoms with Gasteiger partial charge in [-0.15, -0.1) is 0 Å². The highest BCUT2D eigenvalue weighted by Gasteiger charge is 2.16. The van der Waals surface area contributed by atoms with Crippen LogP contribution in [0.1, 0.15) is 21.6 Å². The first kappa shape index (κ1) is 18.1. The van der Waals surface area contributed by atoms with E-state index in [1.807, 2.05) is 30.3 Å². The molecule has 1 aromatic heterocycles. The number of ether oxygens (including phenoxy) is 2. The molecule has 1 heterocycles. The highest BCUT2D eigenvalue weighted by atomic mass is 35.5. The molecular formula is C22H16ClNO4. The summed E-state index contributed by atoms with van der Waals surface area (Å²) in [6.07, 6.45) is 0.616. The van der Waals surface area contributed by atoms with Gasteiger partial charge in [0.2, 0.25) is 0 Å². The first-order valence-electron chi connectivity index (χ1n) is 8.62. The Kier molecular flexibility index (Phi) is 5.00. The number of para-hydroxylation sites is 1. The maximum Gasteiger partial charge on any atom is 0.347 e. The van der Waals surface area contributed by atoms with Crippen LogP contribution in [0.5, 0.6) is 11.5 Å². The lowest BCUT2D eigenvalue weighted by molar-refractivity contribution is 0.0731. The number of halogens is 1. The second-order valence-electron chi connectivity index (χ2n) is 6.18. The van der Waals surface area contributed by atoms with E-state index in [0.29, 0.717) is 34.1 Å². The van der Waals surface area contributed by atoms with Crippen molar-refractivity contribution in [2.75, 3.05) is 7.11 Å². The van der Waals surface area contributed by atoms with Gasteiger partial charge in [0.25, 0.3) is 0 Å². The summed E-state index contributed by atoms with van der Waals surface area (Å²) in [4.78, 5) is 12.4. The van der Waals surface area contributed by atoms with Crippen molar-refractivity contribution in [2.45, 2.75) is 6.42 Å². The first-order valence-corrected chi connectivity index (χ1v) is 9.00. The zero-order chi connectivity index (χ0) is 19.5. The van der Waals surface area contributed by atoms with E-state index in [2.05, 4.69) is 5.16 Å². The van der Waals surface area contributed by atoms with Crippen molar-refractivity contribution in [3.63, 3.8) is 0 Å². The molecule has 0 aliphatic rings. The molecule has 0 aliphatic carbocycles. The van der Waals surface area contributed by atoms with Crippen molar-refractivity contribution in [2.24, 2.45) is 0 Å². The van der Waals surface area contributed by atoms with Crippen LogP contribution in [0, 0.1) is 0 Å². The van der Waals surface area contributed by atoms with Crippen molar-refractivity contribution >= 4 is 28.5 Å². The number of aromatic nitrogens is 1. The predicted octanol–water partition coefficient (Wildman–Crippen LogP) is 5.30. The molecule has 0 saturated carbocycles. The standard InChI is InChI=1S/C22H16ClNO4/c1-26-20-5-3-2-4-18(20)22(25)27-16-10-11-17-19(24-28-21(17)13-16)12-14-6-8-15(23)9-7-14/h2-11,13H,12H2,1H3. The van der Waals surface area contributed by atoms with Crippen LogP contribution in [-0.2, 0) is 6.42 Å². The Bertz CT molecular complexity index is 1130. The molecule has 4 rings (SSSR count). The molecule has 0 N–H and O–H groups in total. The van der Waals surface area contributed by atoms with Crippen molar-refractivity contribution in [1.82, 2.24) is 5.16 Å². The maximum atomic E-state index is 12.4. The highest BCUT2D eigenvalue weighted by Crippen LogP contribution is 2.27. The minimum Gasteiger partial charge on any atom is -0.496 e. The number of carbonyl (C=O) groups excluding carboxylic acids is 1. The third-order valence-electron chi connectivity index (χ3n) is 4.34. The second-order valence-corrected chi connectivity index (χ2v) is 6.62. The fourth-order valence-electron chi connectivity index (χ4n) is 2.93. The average Bonchev–Trinajstić information content (AvgIpc) is 3.11. The van der Waals surface area contributed by atoms with E-state index < -0.39 is 5.97 Å². The van der Waals surface area contributed by atoms with E-state index in [0.717, 1.165) is 16.6 Å². The van der Waals surface area contributed by atoms with E-state index >= 15 is 0 Å². The lowest BCUT2D eigenvalue weighted by Gasteiger charge is -2.08. The lowest BCUT2D eigenvalue weighted by Crippen LogP contribution is -2.09. The molecule has 140 valence electrons. The molecule has 0 amide bonds. The molecule has 0 bridgehead atoms. The number of methoxy groups -OCH3 is 1. The Morgan fingerprint density at radius 2 is 1.86 bits per heavy atom. The van der Waals surface area contributed by atoms with Crippen molar-refractivity contribution in [3.05, 3.63) is 88.6 Å². The SMILES string of the molecule is COc1ccccc1C(=O)Oc1ccc2c(Cc3ccc(Cl)cc3)noc2c1. The van der Waals surface area contributed by atoms with Gasteiger partial charge >= 0.3 is 5.97 Å². The molecule has 0 atom stereocenters. The summed E-state index contributed by atoms with van der Waals surface area (Å²) in [5, 5.41) is 5.71. The number of fused-ring (bicyclic) bond motifs is 1. The number of carbonyl (C=O) groups is 1. The molecule has 4 aromatic rings. The summed E-state index contributed by atoms with van der Waals surface area (Å²) in [6.45, 7) is 0. The van der Waals surface area contributed by atoms with E-state index in [1.54, 1.807) is 36.4 Å². The van der Waals surface area contributed by atoms with Gasteiger partial charge in [-0.3, -0.25) is 0 Å². The van der Waals surface area contributed by atoms with Crippen molar-refractivity contribution < 1.29 is 18.8 Å². The fourth-order valence-corrected chi connectivity index (χ4v) is 3.06.